The molecule has 1 aliphatic carbocycles. The third-order valence-corrected chi connectivity index (χ3v) is 4.52. The van der Waals surface area contributed by atoms with Crippen LogP contribution in [0.1, 0.15) is 50.2 Å². The van der Waals surface area contributed by atoms with Gasteiger partial charge >= 0.3 is 0 Å². The Labute approximate surface area is 125 Å². The Morgan fingerprint density at radius 1 is 1.21 bits per heavy atom. The fourth-order valence-corrected chi connectivity index (χ4v) is 3.30. The quantitative estimate of drug-likeness (QED) is 0.807. The highest BCUT2D eigenvalue weighted by molar-refractivity contribution is 9.10. The standard InChI is InChI=1S/C16H24BrNO/c1-18-12-16(14-10-6-7-11-15(14)17)19-13-8-4-2-3-5-9-13/h6-7,10-11,13,16,18H,2-5,8-9,12H2,1H3. The first-order valence-corrected chi connectivity index (χ1v) is 8.15. The van der Waals surface area contributed by atoms with Crippen molar-refractivity contribution >= 4 is 15.9 Å². The minimum absolute atomic E-state index is 0.142. The summed E-state index contributed by atoms with van der Waals surface area (Å²) < 4.78 is 7.53. The maximum Gasteiger partial charge on any atom is 0.0963 e. The average molecular weight is 326 g/mol. The summed E-state index contributed by atoms with van der Waals surface area (Å²) in [4.78, 5) is 0. The van der Waals surface area contributed by atoms with E-state index in [2.05, 4.69) is 45.5 Å². The minimum atomic E-state index is 0.142. The lowest BCUT2D eigenvalue weighted by atomic mass is 10.1. The molecule has 0 radical (unpaired) electrons. The van der Waals surface area contributed by atoms with Crippen LogP contribution in [-0.4, -0.2) is 19.7 Å². The van der Waals surface area contributed by atoms with E-state index in [0.29, 0.717) is 6.10 Å². The van der Waals surface area contributed by atoms with E-state index in [9.17, 15) is 0 Å². The Balaban J connectivity index is 2.05. The van der Waals surface area contributed by atoms with Crippen LogP contribution < -0.4 is 5.32 Å². The Morgan fingerprint density at radius 2 is 1.89 bits per heavy atom. The first-order valence-electron chi connectivity index (χ1n) is 7.35. The number of nitrogens with one attached hydrogen (secondary N) is 1. The van der Waals surface area contributed by atoms with Gasteiger partial charge in [-0.2, -0.15) is 0 Å². The summed E-state index contributed by atoms with van der Waals surface area (Å²) in [6, 6.07) is 8.38. The van der Waals surface area contributed by atoms with E-state index in [1.807, 2.05) is 7.05 Å². The first-order chi connectivity index (χ1) is 9.31. The highest BCUT2D eigenvalue weighted by atomic mass is 79.9. The van der Waals surface area contributed by atoms with Crippen LogP contribution >= 0.6 is 15.9 Å². The topological polar surface area (TPSA) is 21.3 Å². The molecular formula is C16H24BrNO. The molecule has 1 N–H and O–H groups in total. The van der Waals surface area contributed by atoms with Crippen LogP contribution in [-0.2, 0) is 4.74 Å². The van der Waals surface area contributed by atoms with Gasteiger partial charge in [-0.25, -0.2) is 0 Å². The summed E-state index contributed by atoms with van der Waals surface area (Å²) in [5.74, 6) is 0. The van der Waals surface area contributed by atoms with Crippen LogP contribution in [0.5, 0.6) is 0 Å². The van der Waals surface area contributed by atoms with Crippen molar-refractivity contribution < 1.29 is 4.74 Å². The maximum atomic E-state index is 6.39. The smallest absolute Gasteiger partial charge is 0.0963 e. The number of ether oxygens (including phenoxy) is 1. The molecule has 1 aromatic carbocycles. The lowest BCUT2D eigenvalue weighted by Crippen LogP contribution is -2.25. The average Bonchev–Trinajstić information content (AvgIpc) is 2.67. The van der Waals surface area contributed by atoms with Crippen molar-refractivity contribution in [2.75, 3.05) is 13.6 Å². The van der Waals surface area contributed by atoms with Gasteiger partial charge in [0.2, 0.25) is 0 Å². The van der Waals surface area contributed by atoms with Gasteiger partial charge in [0.15, 0.2) is 0 Å². The SMILES string of the molecule is CNCC(OC1CCCCCC1)c1ccccc1Br. The van der Waals surface area contributed by atoms with Gasteiger partial charge in [0.25, 0.3) is 0 Å². The lowest BCUT2D eigenvalue weighted by Gasteiger charge is -2.25. The van der Waals surface area contributed by atoms with Crippen LogP contribution in [0.15, 0.2) is 28.7 Å². The van der Waals surface area contributed by atoms with E-state index in [-0.39, 0.29) is 6.10 Å². The molecule has 3 heteroatoms. The normalized spacial score (nSPS) is 19.1. The third-order valence-electron chi connectivity index (χ3n) is 3.80. The van der Waals surface area contributed by atoms with Gasteiger partial charge in [-0.15, -0.1) is 0 Å². The molecule has 2 rings (SSSR count). The molecule has 0 aliphatic heterocycles. The van der Waals surface area contributed by atoms with E-state index < -0.39 is 0 Å². The molecule has 1 unspecified atom stereocenters. The Bertz CT molecular complexity index is 375. The van der Waals surface area contributed by atoms with Gasteiger partial charge in [-0.1, -0.05) is 59.8 Å². The summed E-state index contributed by atoms with van der Waals surface area (Å²) in [5.41, 5.74) is 1.25. The van der Waals surface area contributed by atoms with Crippen molar-refractivity contribution in [3.05, 3.63) is 34.3 Å². The van der Waals surface area contributed by atoms with E-state index in [1.165, 1.54) is 44.1 Å². The molecule has 1 aliphatic rings. The highest BCUT2D eigenvalue weighted by Crippen LogP contribution is 2.30. The number of rotatable bonds is 5. The minimum Gasteiger partial charge on any atom is -0.369 e. The molecule has 0 aromatic heterocycles. The summed E-state index contributed by atoms with van der Waals surface area (Å²) in [6.45, 7) is 0.860. The van der Waals surface area contributed by atoms with Gasteiger partial charge < -0.3 is 10.1 Å². The molecule has 0 spiro atoms. The zero-order chi connectivity index (χ0) is 13.5. The first kappa shape index (κ1) is 15.0. The summed E-state index contributed by atoms with van der Waals surface area (Å²) in [5, 5.41) is 3.25. The van der Waals surface area contributed by atoms with Gasteiger partial charge in [0, 0.05) is 11.0 Å². The van der Waals surface area contributed by atoms with Crippen molar-refractivity contribution in [2.45, 2.75) is 50.7 Å². The van der Waals surface area contributed by atoms with Crippen LogP contribution in [0.25, 0.3) is 0 Å². The summed E-state index contributed by atoms with van der Waals surface area (Å²) >= 11 is 3.64. The van der Waals surface area contributed by atoms with Crippen molar-refractivity contribution in [2.24, 2.45) is 0 Å². The Morgan fingerprint density at radius 3 is 2.53 bits per heavy atom. The van der Waals surface area contributed by atoms with Crippen molar-refractivity contribution in [1.29, 1.82) is 0 Å². The predicted molar refractivity (Wildman–Crippen MR) is 83.4 cm³/mol. The zero-order valence-electron chi connectivity index (χ0n) is 11.7. The largest absolute Gasteiger partial charge is 0.369 e. The predicted octanol–water partition coefficient (Wildman–Crippen LogP) is 4.45. The highest BCUT2D eigenvalue weighted by Gasteiger charge is 2.20. The van der Waals surface area contributed by atoms with Crippen LogP contribution in [0, 0.1) is 0 Å². The van der Waals surface area contributed by atoms with E-state index >= 15 is 0 Å². The van der Waals surface area contributed by atoms with E-state index in [4.69, 9.17) is 4.74 Å². The second-order valence-corrected chi connectivity index (χ2v) is 6.17. The van der Waals surface area contributed by atoms with Crippen LogP contribution in [0.2, 0.25) is 0 Å². The van der Waals surface area contributed by atoms with Crippen molar-refractivity contribution in [3.8, 4) is 0 Å². The molecule has 1 aromatic rings. The Kier molecular flexibility index (Phi) is 6.35. The van der Waals surface area contributed by atoms with Crippen molar-refractivity contribution in [1.82, 2.24) is 5.32 Å². The zero-order valence-corrected chi connectivity index (χ0v) is 13.3. The van der Waals surface area contributed by atoms with Crippen LogP contribution in [0.3, 0.4) is 0 Å². The maximum absolute atomic E-state index is 6.39. The molecule has 2 nitrogen and oxygen atoms in total. The molecular weight excluding hydrogens is 302 g/mol. The number of likely N-dealkylation sites (N-methyl/N-ethyl adjacent to an activating group) is 1. The van der Waals surface area contributed by atoms with Gasteiger partial charge in [-0.3, -0.25) is 0 Å². The number of benzene rings is 1. The number of halogens is 1. The van der Waals surface area contributed by atoms with Gasteiger partial charge in [-0.05, 0) is 31.5 Å². The second kappa shape index (κ2) is 8.03. The number of hydrogen-bond acceptors (Lipinski definition) is 2. The summed E-state index contributed by atoms with van der Waals surface area (Å²) in [6.07, 6.45) is 8.35. The van der Waals surface area contributed by atoms with E-state index in [1.54, 1.807) is 0 Å². The molecule has 0 heterocycles. The van der Waals surface area contributed by atoms with Gasteiger partial charge in [0.1, 0.15) is 0 Å². The molecule has 1 atom stereocenters. The lowest BCUT2D eigenvalue weighted by molar-refractivity contribution is -0.0196. The third kappa shape index (κ3) is 4.59. The van der Waals surface area contributed by atoms with E-state index in [0.717, 1.165) is 11.0 Å². The fourth-order valence-electron chi connectivity index (χ4n) is 2.76. The molecule has 106 valence electrons. The van der Waals surface area contributed by atoms with Crippen molar-refractivity contribution in [3.63, 3.8) is 0 Å². The molecule has 19 heavy (non-hydrogen) atoms. The van der Waals surface area contributed by atoms with Gasteiger partial charge in [0.05, 0.1) is 12.2 Å². The molecule has 1 saturated carbocycles. The fraction of sp³-hybridized carbons (Fsp3) is 0.625. The monoisotopic (exact) mass is 325 g/mol. The molecule has 0 bridgehead atoms. The molecule has 0 saturated heterocycles. The molecule has 0 amide bonds. The second-order valence-electron chi connectivity index (χ2n) is 5.32. The van der Waals surface area contributed by atoms with Crippen LogP contribution in [0.4, 0.5) is 0 Å². The molecule has 1 fully saturated rings. The Hall–Kier alpha value is -0.380. The number of hydrogen-bond donors (Lipinski definition) is 1. The summed E-state index contributed by atoms with van der Waals surface area (Å²) in [7, 11) is 1.99.